The van der Waals surface area contributed by atoms with Crippen molar-refractivity contribution in [3.8, 4) is 5.75 Å². The van der Waals surface area contributed by atoms with E-state index in [1.807, 2.05) is 64.1 Å². The Kier molecular flexibility index (Phi) is 6.99. The maximum Gasteiger partial charge on any atom is 0.226 e. The number of nitrogens with one attached hydrogen (secondary N) is 1. The first kappa shape index (κ1) is 20.5. The largest absolute Gasteiger partial charge is 0.489 e. The molecule has 0 atom stereocenters. The molecule has 0 saturated carbocycles. The van der Waals surface area contributed by atoms with E-state index in [4.69, 9.17) is 4.74 Å². The fourth-order valence-corrected chi connectivity index (χ4v) is 2.96. The molecule has 0 radical (unpaired) electrons. The van der Waals surface area contributed by atoms with Gasteiger partial charge in [-0.05, 0) is 63.1 Å². The van der Waals surface area contributed by atoms with Gasteiger partial charge < -0.3 is 15.0 Å². The van der Waals surface area contributed by atoms with E-state index in [1.165, 1.54) is 6.92 Å². The lowest BCUT2D eigenvalue weighted by Crippen LogP contribution is -2.32. The number of ether oxygens (including phenoxy) is 1. The maximum absolute atomic E-state index is 12.4. The highest BCUT2D eigenvalue weighted by Gasteiger charge is 2.18. The van der Waals surface area contributed by atoms with Gasteiger partial charge in [0.15, 0.2) is 0 Å². The Morgan fingerprint density at radius 1 is 1.07 bits per heavy atom. The fourth-order valence-electron chi connectivity index (χ4n) is 2.96. The van der Waals surface area contributed by atoms with Crippen LogP contribution in [0.2, 0.25) is 0 Å². The first-order chi connectivity index (χ1) is 12.8. The van der Waals surface area contributed by atoms with Crippen LogP contribution in [0.3, 0.4) is 0 Å². The molecule has 0 unspecified atom stereocenters. The number of aryl methyl sites for hydroxylation is 2. The Balaban J connectivity index is 2.09. The molecule has 0 aliphatic heterocycles. The molecule has 0 aliphatic carbocycles. The van der Waals surface area contributed by atoms with Crippen LogP contribution < -0.4 is 15.0 Å². The Labute approximate surface area is 161 Å². The van der Waals surface area contributed by atoms with Gasteiger partial charge in [-0.1, -0.05) is 18.2 Å². The molecular formula is C22H28N2O3. The van der Waals surface area contributed by atoms with E-state index in [-0.39, 0.29) is 30.9 Å². The van der Waals surface area contributed by atoms with Crippen molar-refractivity contribution in [2.45, 2.75) is 47.1 Å². The van der Waals surface area contributed by atoms with E-state index in [1.54, 1.807) is 4.90 Å². The summed E-state index contributed by atoms with van der Waals surface area (Å²) >= 11 is 0. The number of nitrogens with zero attached hydrogens (tertiary/aromatic N) is 1. The first-order valence-electron chi connectivity index (χ1n) is 9.18. The van der Waals surface area contributed by atoms with Gasteiger partial charge in [0.05, 0.1) is 11.8 Å². The average molecular weight is 368 g/mol. The number of para-hydroxylation sites is 2. The highest BCUT2D eigenvalue weighted by molar-refractivity contribution is 5.95. The Morgan fingerprint density at radius 2 is 1.70 bits per heavy atom. The summed E-state index contributed by atoms with van der Waals surface area (Å²) in [5.74, 6) is 0.375. The molecule has 0 aliphatic rings. The maximum atomic E-state index is 12.4. The number of amides is 2. The van der Waals surface area contributed by atoms with Crippen LogP contribution in [-0.4, -0.2) is 24.5 Å². The predicted octanol–water partition coefficient (Wildman–Crippen LogP) is 4.47. The predicted molar refractivity (Wildman–Crippen MR) is 109 cm³/mol. The molecule has 0 saturated heterocycles. The molecule has 2 aromatic rings. The summed E-state index contributed by atoms with van der Waals surface area (Å²) in [5, 5.41) is 2.91. The van der Waals surface area contributed by atoms with E-state index in [0.717, 1.165) is 16.8 Å². The molecule has 1 N–H and O–H groups in total. The standard InChI is InChI=1S/C22H28N2O3/c1-15(2)27-21-9-7-6-8-20(21)24(18(5)25)11-10-22(26)23-19-13-16(3)12-17(4)14-19/h6-9,12-15H,10-11H2,1-5H3,(H,23,26). The topological polar surface area (TPSA) is 58.6 Å². The van der Waals surface area contributed by atoms with Gasteiger partial charge in [-0.25, -0.2) is 0 Å². The number of carbonyl (C=O) groups excluding carboxylic acids is 2. The second-order valence-electron chi connectivity index (χ2n) is 6.98. The third-order valence-corrected chi connectivity index (χ3v) is 3.97. The second-order valence-corrected chi connectivity index (χ2v) is 6.98. The van der Waals surface area contributed by atoms with Crippen LogP contribution in [0.4, 0.5) is 11.4 Å². The quantitative estimate of drug-likeness (QED) is 0.784. The van der Waals surface area contributed by atoms with Crippen molar-refractivity contribution in [3.05, 3.63) is 53.6 Å². The summed E-state index contributed by atoms with van der Waals surface area (Å²) in [6.45, 7) is 9.63. The lowest BCUT2D eigenvalue weighted by molar-refractivity contribution is -0.117. The van der Waals surface area contributed by atoms with Gasteiger partial charge in [-0.15, -0.1) is 0 Å². The van der Waals surface area contributed by atoms with Crippen LogP contribution in [0.5, 0.6) is 5.75 Å². The zero-order valence-electron chi connectivity index (χ0n) is 16.7. The fraction of sp³-hybridized carbons (Fsp3) is 0.364. The third-order valence-electron chi connectivity index (χ3n) is 3.97. The summed E-state index contributed by atoms with van der Waals surface area (Å²) in [4.78, 5) is 26.1. The number of rotatable bonds is 7. The zero-order valence-corrected chi connectivity index (χ0v) is 16.7. The van der Waals surface area contributed by atoms with E-state index >= 15 is 0 Å². The van der Waals surface area contributed by atoms with Crippen molar-refractivity contribution >= 4 is 23.2 Å². The average Bonchev–Trinajstić information content (AvgIpc) is 2.54. The third kappa shape index (κ3) is 6.13. The second kappa shape index (κ2) is 9.21. The Morgan fingerprint density at radius 3 is 2.30 bits per heavy atom. The van der Waals surface area contributed by atoms with E-state index < -0.39 is 0 Å². The summed E-state index contributed by atoms with van der Waals surface area (Å²) in [5.41, 5.74) is 3.64. The van der Waals surface area contributed by atoms with Crippen LogP contribution in [0.1, 0.15) is 38.3 Å². The van der Waals surface area contributed by atoms with Gasteiger partial charge >= 0.3 is 0 Å². The molecule has 0 bridgehead atoms. The lowest BCUT2D eigenvalue weighted by Gasteiger charge is -2.24. The van der Waals surface area contributed by atoms with Crippen LogP contribution >= 0.6 is 0 Å². The molecule has 0 spiro atoms. The number of hydrogen-bond acceptors (Lipinski definition) is 3. The van der Waals surface area contributed by atoms with E-state index in [2.05, 4.69) is 11.4 Å². The molecular weight excluding hydrogens is 340 g/mol. The van der Waals surface area contributed by atoms with Crippen LogP contribution in [0.25, 0.3) is 0 Å². The smallest absolute Gasteiger partial charge is 0.226 e. The molecule has 2 aromatic carbocycles. The van der Waals surface area contributed by atoms with Gasteiger partial charge in [0.1, 0.15) is 5.75 Å². The first-order valence-corrected chi connectivity index (χ1v) is 9.18. The van der Waals surface area contributed by atoms with Crippen LogP contribution in [0, 0.1) is 13.8 Å². The SMILES string of the molecule is CC(=O)N(CCC(=O)Nc1cc(C)cc(C)c1)c1ccccc1OC(C)C. The molecule has 0 aromatic heterocycles. The minimum absolute atomic E-state index is 0.00665. The van der Waals surface area contributed by atoms with E-state index in [0.29, 0.717) is 11.4 Å². The molecule has 2 rings (SSSR count). The van der Waals surface area contributed by atoms with Crippen molar-refractivity contribution in [3.63, 3.8) is 0 Å². The van der Waals surface area contributed by atoms with Crippen molar-refractivity contribution < 1.29 is 14.3 Å². The highest BCUT2D eigenvalue weighted by atomic mass is 16.5. The number of hydrogen-bond donors (Lipinski definition) is 1. The molecule has 5 heteroatoms. The Hall–Kier alpha value is -2.82. The number of benzene rings is 2. The number of carbonyl (C=O) groups is 2. The minimum atomic E-state index is -0.131. The monoisotopic (exact) mass is 368 g/mol. The zero-order chi connectivity index (χ0) is 20.0. The van der Waals surface area contributed by atoms with Crippen LogP contribution in [-0.2, 0) is 9.59 Å². The minimum Gasteiger partial charge on any atom is -0.489 e. The van der Waals surface area contributed by atoms with Gasteiger partial charge in [0.2, 0.25) is 11.8 Å². The molecule has 2 amide bonds. The molecule has 144 valence electrons. The van der Waals surface area contributed by atoms with Crippen molar-refractivity contribution in [2.75, 3.05) is 16.8 Å². The summed E-state index contributed by atoms with van der Waals surface area (Å²) in [6.07, 6.45) is 0.190. The van der Waals surface area contributed by atoms with Crippen molar-refractivity contribution in [2.24, 2.45) is 0 Å². The van der Waals surface area contributed by atoms with Gasteiger partial charge in [0.25, 0.3) is 0 Å². The van der Waals surface area contributed by atoms with Crippen LogP contribution in [0.15, 0.2) is 42.5 Å². The molecule has 0 fully saturated rings. The van der Waals surface area contributed by atoms with E-state index in [9.17, 15) is 9.59 Å². The van der Waals surface area contributed by atoms with Gasteiger partial charge in [-0.3, -0.25) is 9.59 Å². The normalized spacial score (nSPS) is 10.6. The highest BCUT2D eigenvalue weighted by Crippen LogP contribution is 2.29. The molecule has 0 heterocycles. The summed E-state index contributed by atoms with van der Waals surface area (Å²) in [6, 6.07) is 13.3. The lowest BCUT2D eigenvalue weighted by atomic mass is 10.1. The van der Waals surface area contributed by atoms with Crippen molar-refractivity contribution in [1.29, 1.82) is 0 Å². The van der Waals surface area contributed by atoms with Crippen molar-refractivity contribution in [1.82, 2.24) is 0 Å². The Bertz CT molecular complexity index is 795. The molecule has 5 nitrogen and oxygen atoms in total. The van der Waals surface area contributed by atoms with Gasteiger partial charge in [0, 0.05) is 25.6 Å². The molecule has 27 heavy (non-hydrogen) atoms. The van der Waals surface area contributed by atoms with Gasteiger partial charge in [-0.2, -0.15) is 0 Å². The summed E-state index contributed by atoms with van der Waals surface area (Å²) < 4.78 is 5.81. The number of anilines is 2. The summed E-state index contributed by atoms with van der Waals surface area (Å²) in [7, 11) is 0.